The summed E-state index contributed by atoms with van der Waals surface area (Å²) < 4.78 is 1.67. The van der Waals surface area contributed by atoms with E-state index in [1.165, 1.54) is 0 Å². The molecule has 2 amide bonds. The third-order valence-electron chi connectivity index (χ3n) is 7.96. The van der Waals surface area contributed by atoms with E-state index in [-0.39, 0.29) is 35.7 Å². The van der Waals surface area contributed by atoms with Gasteiger partial charge in [-0.05, 0) is 44.0 Å². The quantitative estimate of drug-likeness (QED) is 0.242. The number of pyridine rings is 1. The topological polar surface area (TPSA) is 150 Å². The summed E-state index contributed by atoms with van der Waals surface area (Å²) in [6.07, 6.45) is 11.7. The van der Waals surface area contributed by atoms with Gasteiger partial charge in [0, 0.05) is 45.0 Å². The van der Waals surface area contributed by atoms with Crippen molar-refractivity contribution >= 4 is 45.9 Å². The molecule has 2 aliphatic rings. The van der Waals surface area contributed by atoms with Gasteiger partial charge in [-0.1, -0.05) is 37.5 Å². The molecule has 1 fully saturated rings. The Balaban J connectivity index is 1.17. The molecule has 5 heterocycles. The molecular formula is C32H38N10O2S. The minimum absolute atomic E-state index is 0.0530. The average Bonchev–Trinajstić information content (AvgIpc) is 3.82. The van der Waals surface area contributed by atoms with Crippen LogP contribution in [0.25, 0.3) is 16.3 Å². The number of allylic oxidation sites excluding steroid dienone is 4. The summed E-state index contributed by atoms with van der Waals surface area (Å²) in [4.78, 5) is 46.8. The highest BCUT2D eigenvalue weighted by Gasteiger charge is 2.34. The molecule has 1 saturated heterocycles. The molecule has 5 rings (SSSR count). The first-order valence-electron chi connectivity index (χ1n) is 14.9. The standard InChI is InChI=1S/C32H38N10O2S/c1-5-8-21(6-2)28(34)29-24(33)9-10-26(37-29)42(7-3)32(44)23-11-14-40(18-23)19-27(43)41-15-12-22(13-16-41)31-35-17-25(45-31)30-36-20-39(4)38-30/h5-6,8-10,12,17,20,23,34H,1-2,7,11,13-16,18-19,33H2,3-4H3/b21-8+,34-28?/t23-/m1/s1. The van der Waals surface area contributed by atoms with Gasteiger partial charge in [-0.3, -0.25) is 29.5 Å². The van der Waals surface area contributed by atoms with Crippen LogP contribution >= 0.6 is 11.3 Å². The number of nitrogens with two attached hydrogens (primary N) is 1. The number of anilines is 2. The van der Waals surface area contributed by atoms with Crippen LogP contribution in [0.4, 0.5) is 11.5 Å². The van der Waals surface area contributed by atoms with E-state index in [2.05, 4.69) is 44.2 Å². The fourth-order valence-electron chi connectivity index (χ4n) is 5.52. The second-order valence-corrected chi connectivity index (χ2v) is 12.0. The average molecular weight is 627 g/mol. The number of likely N-dealkylation sites (tertiary alicyclic amines) is 1. The van der Waals surface area contributed by atoms with Crippen molar-refractivity contribution in [3.63, 3.8) is 0 Å². The fourth-order valence-corrected chi connectivity index (χ4v) is 6.44. The van der Waals surface area contributed by atoms with Crippen LogP contribution in [0.15, 0.2) is 67.7 Å². The Morgan fingerprint density at radius 2 is 2.07 bits per heavy atom. The van der Waals surface area contributed by atoms with E-state index in [0.29, 0.717) is 62.0 Å². The Morgan fingerprint density at radius 1 is 1.24 bits per heavy atom. The molecule has 0 radical (unpaired) electrons. The number of rotatable bonds is 11. The molecule has 0 aliphatic carbocycles. The number of carbonyl (C=O) groups is 2. The lowest BCUT2D eigenvalue weighted by molar-refractivity contribution is -0.132. The minimum atomic E-state index is -0.259. The molecule has 3 N–H and O–H groups in total. The van der Waals surface area contributed by atoms with Crippen LogP contribution in [-0.2, 0) is 16.6 Å². The number of thiazole rings is 1. The van der Waals surface area contributed by atoms with Gasteiger partial charge in [-0.2, -0.15) is 5.10 Å². The van der Waals surface area contributed by atoms with Gasteiger partial charge in [0.15, 0.2) is 5.82 Å². The number of carbonyl (C=O) groups excluding carboxylic acids is 2. The highest BCUT2D eigenvalue weighted by molar-refractivity contribution is 7.16. The largest absolute Gasteiger partial charge is 0.397 e. The second-order valence-electron chi connectivity index (χ2n) is 10.9. The molecule has 45 heavy (non-hydrogen) atoms. The Hall–Kier alpha value is -4.75. The zero-order valence-electron chi connectivity index (χ0n) is 25.6. The van der Waals surface area contributed by atoms with Crippen LogP contribution in [-0.4, -0.2) is 91.3 Å². The van der Waals surface area contributed by atoms with E-state index >= 15 is 0 Å². The van der Waals surface area contributed by atoms with Crippen molar-refractivity contribution < 1.29 is 9.59 Å². The first-order chi connectivity index (χ1) is 21.7. The van der Waals surface area contributed by atoms with Gasteiger partial charge in [0.05, 0.1) is 28.7 Å². The van der Waals surface area contributed by atoms with Crippen LogP contribution < -0.4 is 10.6 Å². The monoisotopic (exact) mass is 626 g/mol. The molecule has 0 aromatic carbocycles. The SMILES string of the molecule is C=C/C=C(\C=C)C(=N)c1nc(N(CC)C(=O)[C@@H]2CCN(CC(=O)N3CC=C(c4ncc(-c5ncn(C)n5)s4)CC3)C2)ccc1N. The van der Waals surface area contributed by atoms with Crippen LogP contribution in [0.2, 0.25) is 0 Å². The zero-order chi connectivity index (χ0) is 32.1. The number of nitrogens with zero attached hydrogens (tertiary/aromatic N) is 8. The lowest BCUT2D eigenvalue weighted by Gasteiger charge is -2.28. The zero-order valence-corrected chi connectivity index (χ0v) is 26.5. The summed E-state index contributed by atoms with van der Waals surface area (Å²) in [5, 5.41) is 13.9. The molecule has 1 atom stereocenters. The normalized spacial score (nSPS) is 17.2. The molecule has 234 valence electrons. The Labute approximate surface area is 266 Å². The van der Waals surface area contributed by atoms with E-state index in [9.17, 15) is 9.59 Å². The van der Waals surface area contributed by atoms with Crippen LogP contribution in [0, 0.1) is 11.3 Å². The predicted molar refractivity (Wildman–Crippen MR) is 178 cm³/mol. The fraction of sp³-hybridized carbons (Fsp3) is 0.344. The maximum absolute atomic E-state index is 13.6. The maximum Gasteiger partial charge on any atom is 0.237 e. The first-order valence-corrected chi connectivity index (χ1v) is 15.7. The Morgan fingerprint density at radius 3 is 2.73 bits per heavy atom. The maximum atomic E-state index is 13.6. The Bertz CT molecular complexity index is 1690. The van der Waals surface area contributed by atoms with E-state index in [1.54, 1.807) is 63.8 Å². The van der Waals surface area contributed by atoms with E-state index in [4.69, 9.17) is 11.1 Å². The van der Waals surface area contributed by atoms with Crippen molar-refractivity contribution in [3.05, 3.63) is 78.4 Å². The van der Waals surface area contributed by atoms with Crippen molar-refractivity contribution in [2.24, 2.45) is 13.0 Å². The molecule has 0 bridgehead atoms. The number of hydrogen-bond donors (Lipinski definition) is 2. The summed E-state index contributed by atoms with van der Waals surface area (Å²) in [5.41, 5.74) is 8.55. The third kappa shape index (κ3) is 6.99. The number of amides is 2. The van der Waals surface area contributed by atoms with Crippen LogP contribution in [0.3, 0.4) is 0 Å². The van der Waals surface area contributed by atoms with Gasteiger partial charge in [0.2, 0.25) is 11.8 Å². The number of aromatic nitrogens is 5. The number of aryl methyl sites for hydroxylation is 1. The molecule has 2 aliphatic heterocycles. The number of nitrogens with one attached hydrogen (secondary N) is 1. The van der Waals surface area contributed by atoms with Crippen molar-refractivity contribution in [1.29, 1.82) is 5.41 Å². The van der Waals surface area contributed by atoms with E-state index in [0.717, 1.165) is 21.9 Å². The van der Waals surface area contributed by atoms with Gasteiger partial charge in [-0.15, -0.1) is 11.3 Å². The molecule has 0 unspecified atom stereocenters. The Kier molecular flexibility index (Phi) is 9.79. The van der Waals surface area contributed by atoms with Crippen LogP contribution in [0.5, 0.6) is 0 Å². The van der Waals surface area contributed by atoms with Gasteiger partial charge >= 0.3 is 0 Å². The highest BCUT2D eigenvalue weighted by atomic mass is 32.1. The van der Waals surface area contributed by atoms with E-state index in [1.807, 2.05) is 18.9 Å². The summed E-state index contributed by atoms with van der Waals surface area (Å²) in [6.45, 7) is 12.3. The molecule has 3 aromatic rings. The van der Waals surface area contributed by atoms with Gasteiger partial charge < -0.3 is 10.6 Å². The van der Waals surface area contributed by atoms with Crippen LogP contribution in [0.1, 0.15) is 30.5 Å². The highest BCUT2D eigenvalue weighted by Crippen LogP contribution is 2.31. The third-order valence-corrected chi connectivity index (χ3v) is 9.02. The lowest BCUT2D eigenvalue weighted by Crippen LogP contribution is -2.42. The van der Waals surface area contributed by atoms with Gasteiger partial charge in [0.1, 0.15) is 22.8 Å². The second kappa shape index (κ2) is 13.9. The van der Waals surface area contributed by atoms with Crippen molar-refractivity contribution in [2.45, 2.75) is 19.8 Å². The molecule has 3 aromatic heterocycles. The van der Waals surface area contributed by atoms with Crippen molar-refractivity contribution in [1.82, 2.24) is 34.5 Å². The van der Waals surface area contributed by atoms with Crippen molar-refractivity contribution in [3.8, 4) is 10.7 Å². The number of nitrogen functional groups attached to an aromatic ring is 1. The van der Waals surface area contributed by atoms with Gasteiger partial charge in [0.25, 0.3) is 0 Å². The minimum Gasteiger partial charge on any atom is -0.397 e. The summed E-state index contributed by atoms with van der Waals surface area (Å²) in [5.74, 6) is 0.837. The summed E-state index contributed by atoms with van der Waals surface area (Å²) in [6, 6.07) is 3.37. The molecule has 13 heteroatoms. The van der Waals surface area contributed by atoms with Gasteiger partial charge in [-0.25, -0.2) is 15.0 Å². The van der Waals surface area contributed by atoms with Crippen molar-refractivity contribution in [2.75, 3.05) is 49.9 Å². The first kappa shape index (κ1) is 31.7. The summed E-state index contributed by atoms with van der Waals surface area (Å²) >= 11 is 1.56. The molecule has 0 saturated carbocycles. The van der Waals surface area contributed by atoms with E-state index < -0.39 is 0 Å². The lowest BCUT2D eigenvalue weighted by atomic mass is 10.0. The summed E-state index contributed by atoms with van der Waals surface area (Å²) in [7, 11) is 1.83. The predicted octanol–water partition coefficient (Wildman–Crippen LogP) is 3.57. The smallest absolute Gasteiger partial charge is 0.237 e. The molecule has 12 nitrogen and oxygen atoms in total. The molecular weight excluding hydrogens is 588 g/mol. The number of hydrogen-bond acceptors (Lipinski definition) is 10. The molecule has 0 spiro atoms.